The lowest BCUT2D eigenvalue weighted by molar-refractivity contribution is -0.111. The minimum Gasteiger partial charge on any atom is -0.397 e. The topological polar surface area (TPSA) is 67.1 Å². The average Bonchev–Trinajstić information content (AvgIpc) is 2.68. The molecule has 2 aromatic carbocycles. The Morgan fingerprint density at radius 2 is 1.77 bits per heavy atom. The van der Waals surface area contributed by atoms with E-state index in [1.165, 1.54) is 43.7 Å². The van der Waals surface area contributed by atoms with Crippen molar-refractivity contribution in [3.8, 4) is 0 Å². The molecule has 136 valence electrons. The summed E-state index contributed by atoms with van der Waals surface area (Å²) in [7, 11) is 0. The van der Waals surface area contributed by atoms with Crippen molar-refractivity contribution in [1.29, 1.82) is 0 Å². The summed E-state index contributed by atoms with van der Waals surface area (Å²) in [4.78, 5) is 12.0. The lowest BCUT2D eigenvalue weighted by Crippen LogP contribution is -2.30. The standard InChI is InChI=1S/C22H27N3O/c23-20-8-4-5-9-21(20)25-22(26)15-14-17-10-12-18(13-11-17)16-24-19-6-2-1-3-7-19/h4-5,8-15,19,24H,1-3,6-7,16,23H2,(H,25,26)/b15-14+. The third-order valence-electron chi connectivity index (χ3n) is 4.83. The normalized spacial score (nSPS) is 15.2. The zero-order chi connectivity index (χ0) is 18.2. The van der Waals surface area contributed by atoms with Gasteiger partial charge in [0.1, 0.15) is 0 Å². The van der Waals surface area contributed by atoms with Crippen molar-refractivity contribution < 1.29 is 4.79 Å². The lowest BCUT2D eigenvalue weighted by atomic mass is 9.95. The van der Waals surface area contributed by atoms with Gasteiger partial charge in [-0.2, -0.15) is 0 Å². The van der Waals surface area contributed by atoms with Crippen LogP contribution in [0.5, 0.6) is 0 Å². The molecule has 0 aliphatic heterocycles. The Morgan fingerprint density at radius 1 is 1.04 bits per heavy atom. The molecule has 2 aromatic rings. The molecule has 1 amide bonds. The number of anilines is 2. The predicted octanol–water partition coefficient (Wildman–Crippen LogP) is 4.34. The van der Waals surface area contributed by atoms with Crippen LogP contribution in [0.25, 0.3) is 6.08 Å². The molecule has 0 atom stereocenters. The van der Waals surface area contributed by atoms with Gasteiger partial charge >= 0.3 is 0 Å². The highest BCUT2D eigenvalue weighted by Gasteiger charge is 2.12. The van der Waals surface area contributed by atoms with E-state index in [9.17, 15) is 4.79 Å². The van der Waals surface area contributed by atoms with E-state index in [0.717, 1.165) is 12.1 Å². The number of hydrogen-bond acceptors (Lipinski definition) is 3. The van der Waals surface area contributed by atoms with Crippen LogP contribution in [0, 0.1) is 0 Å². The van der Waals surface area contributed by atoms with Crippen LogP contribution in [0.2, 0.25) is 0 Å². The predicted molar refractivity (Wildman–Crippen MR) is 109 cm³/mol. The van der Waals surface area contributed by atoms with Gasteiger partial charge in [0.25, 0.3) is 0 Å². The van der Waals surface area contributed by atoms with Crippen LogP contribution >= 0.6 is 0 Å². The molecule has 4 nitrogen and oxygen atoms in total. The maximum atomic E-state index is 12.0. The zero-order valence-electron chi connectivity index (χ0n) is 15.1. The highest BCUT2D eigenvalue weighted by atomic mass is 16.1. The van der Waals surface area contributed by atoms with E-state index in [1.807, 2.05) is 30.3 Å². The molecule has 1 aliphatic carbocycles. The number of para-hydroxylation sites is 2. The number of amides is 1. The molecule has 3 rings (SSSR count). The summed E-state index contributed by atoms with van der Waals surface area (Å²) < 4.78 is 0. The van der Waals surface area contributed by atoms with Gasteiger partial charge in [-0.15, -0.1) is 0 Å². The maximum Gasteiger partial charge on any atom is 0.248 e. The van der Waals surface area contributed by atoms with Crippen molar-refractivity contribution in [3.05, 3.63) is 65.7 Å². The quantitative estimate of drug-likeness (QED) is 0.537. The Bertz CT molecular complexity index is 746. The molecule has 0 spiro atoms. The number of hydrogen-bond donors (Lipinski definition) is 3. The fraction of sp³-hybridized carbons (Fsp3) is 0.318. The van der Waals surface area contributed by atoms with Gasteiger partial charge in [0.2, 0.25) is 5.91 Å². The van der Waals surface area contributed by atoms with Crippen molar-refractivity contribution in [2.75, 3.05) is 11.1 Å². The zero-order valence-corrected chi connectivity index (χ0v) is 15.1. The van der Waals surface area contributed by atoms with Crippen LogP contribution in [-0.2, 0) is 11.3 Å². The number of carbonyl (C=O) groups is 1. The van der Waals surface area contributed by atoms with Crippen molar-refractivity contribution in [2.45, 2.75) is 44.7 Å². The van der Waals surface area contributed by atoms with Gasteiger partial charge in [0.05, 0.1) is 11.4 Å². The molecule has 0 unspecified atom stereocenters. The van der Waals surface area contributed by atoms with Crippen LogP contribution < -0.4 is 16.4 Å². The van der Waals surface area contributed by atoms with Gasteiger partial charge in [-0.05, 0) is 42.2 Å². The molecule has 0 aromatic heterocycles. The first-order chi connectivity index (χ1) is 12.7. The number of carbonyl (C=O) groups excluding carboxylic acids is 1. The molecule has 1 saturated carbocycles. The Balaban J connectivity index is 1.49. The smallest absolute Gasteiger partial charge is 0.248 e. The number of nitrogen functional groups attached to an aromatic ring is 1. The molecular weight excluding hydrogens is 322 g/mol. The SMILES string of the molecule is Nc1ccccc1NC(=O)/C=C/c1ccc(CNC2CCCCC2)cc1. The molecule has 0 saturated heterocycles. The molecule has 0 radical (unpaired) electrons. The monoisotopic (exact) mass is 349 g/mol. The van der Waals surface area contributed by atoms with Crippen LogP contribution in [0.15, 0.2) is 54.6 Å². The van der Waals surface area contributed by atoms with E-state index in [0.29, 0.717) is 17.4 Å². The van der Waals surface area contributed by atoms with E-state index in [-0.39, 0.29) is 5.91 Å². The van der Waals surface area contributed by atoms with Gasteiger partial charge < -0.3 is 16.4 Å². The van der Waals surface area contributed by atoms with Gasteiger partial charge in [-0.25, -0.2) is 0 Å². The summed E-state index contributed by atoms with van der Waals surface area (Å²) >= 11 is 0. The Morgan fingerprint density at radius 3 is 2.50 bits per heavy atom. The fourth-order valence-corrected chi connectivity index (χ4v) is 3.27. The molecule has 0 heterocycles. The van der Waals surface area contributed by atoms with Crippen LogP contribution in [0.1, 0.15) is 43.2 Å². The molecular formula is C22H27N3O. The third-order valence-corrected chi connectivity index (χ3v) is 4.83. The summed E-state index contributed by atoms with van der Waals surface area (Å²) in [5.74, 6) is -0.189. The summed E-state index contributed by atoms with van der Waals surface area (Å²) in [5.41, 5.74) is 9.30. The highest BCUT2D eigenvalue weighted by molar-refractivity contribution is 6.03. The number of benzene rings is 2. The van der Waals surface area contributed by atoms with Crippen LogP contribution in [0.4, 0.5) is 11.4 Å². The number of nitrogens with one attached hydrogen (secondary N) is 2. The maximum absolute atomic E-state index is 12.0. The lowest BCUT2D eigenvalue weighted by Gasteiger charge is -2.22. The molecule has 1 fully saturated rings. The Kier molecular flexibility index (Phi) is 6.45. The number of rotatable bonds is 6. The van der Waals surface area contributed by atoms with Gasteiger partial charge in [0.15, 0.2) is 0 Å². The first kappa shape index (κ1) is 18.2. The average molecular weight is 349 g/mol. The second-order valence-corrected chi connectivity index (χ2v) is 6.87. The van der Waals surface area contributed by atoms with Crippen LogP contribution in [0.3, 0.4) is 0 Å². The van der Waals surface area contributed by atoms with E-state index >= 15 is 0 Å². The van der Waals surface area contributed by atoms with Gasteiger partial charge in [0, 0.05) is 18.7 Å². The molecule has 4 heteroatoms. The highest BCUT2D eigenvalue weighted by Crippen LogP contribution is 2.18. The summed E-state index contributed by atoms with van der Waals surface area (Å²) in [5, 5.41) is 6.43. The minimum atomic E-state index is -0.189. The molecule has 4 N–H and O–H groups in total. The first-order valence-electron chi connectivity index (χ1n) is 9.36. The fourth-order valence-electron chi connectivity index (χ4n) is 3.27. The van der Waals surface area contributed by atoms with Crippen molar-refractivity contribution in [1.82, 2.24) is 5.32 Å². The van der Waals surface area contributed by atoms with E-state index in [4.69, 9.17) is 5.73 Å². The second kappa shape index (κ2) is 9.20. The van der Waals surface area contributed by atoms with E-state index < -0.39 is 0 Å². The second-order valence-electron chi connectivity index (χ2n) is 6.87. The molecule has 26 heavy (non-hydrogen) atoms. The number of nitrogens with two attached hydrogens (primary N) is 1. The minimum absolute atomic E-state index is 0.189. The van der Waals surface area contributed by atoms with Crippen molar-refractivity contribution in [3.63, 3.8) is 0 Å². The van der Waals surface area contributed by atoms with Crippen LogP contribution in [-0.4, -0.2) is 11.9 Å². The van der Waals surface area contributed by atoms with Gasteiger partial charge in [-0.1, -0.05) is 55.7 Å². The first-order valence-corrected chi connectivity index (χ1v) is 9.36. The van der Waals surface area contributed by atoms with Crippen molar-refractivity contribution in [2.24, 2.45) is 0 Å². The largest absolute Gasteiger partial charge is 0.397 e. The molecule has 0 bridgehead atoms. The Hall–Kier alpha value is -2.59. The van der Waals surface area contributed by atoms with Gasteiger partial charge in [-0.3, -0.25) is 4.79 Å². The van der Waals surface area contributed by atoms with Crippen molar-refractivity contribution >= 4 is 23.4 Å². The Labute approximate surface area is 155 Å². The van der Waals surface area contributed by atoms with E-state index in [2.05, 4.69) is 22.8 Å². The van der Waals surface area contributed by atoms with E-state index in [1.54, 1.807) is 12.1 Å². The summed E-state index contributed by atoms with van der Waals surface area (Å²) in [6.45, 7) is 0.905. The molecule has 1 aliphatic rings. The summed E-state index contributed by atoms with van der Waals surface area (Å²) in [6, 6.07) is 16.2. The summed E-state index contributed by atoms with van der Waals surface area (Å²) in [6.07, 6.45) is 10.00. The third kappa shape index (κ3) is 5.46.